The van der Waals surface area contributed by atoms with Gasteiger partial charge in [-0.15, -0.1) is 0 Å². The fourth-order valence-corrected chi connectivity index (χ4v) is 4.03. The van der Waals surface area contributed by atoms with Crippen LogP contribution in [0, 0.1) is 0 Å². The molecule has 3 atom stereocenters. The Morgan fingerprint density at radius 2 is 0.973 bits per heavy atom. The van der Waals surface area contributed by atoms with Crippen LogP contribution in [0.1, 0.15) is 51.3 Å². The summed E-state index contributed by atoms with van der Waals surface area (Å²) in [7, 11) is 0. The molecule has 0 heterocycles. The maximum absolute atomic E-state index is 9.30. The Kier molecular flexibility index (Phi) is 14.1. The minimum absolute atomic E-state index is 0.0740. The second-order valence-corrected chi connectivity index (χ2v) is 8.85. The van der Waals surface area contributed by atoms with Crippen molar-refractivity contribution in [1.29, 1.82) is 0 Å². The highest BCUT2D eigenvalue weighted by molar-refractivity contribution is 5.47. The second kappa shape index (κ2) is 17.1. The molecule has 3 aromatic rings. The van der Waals surface area contributed by atoms with Crippen molar-refractivity contribution in [1.82, 2.24) is 0 Å². The number of aliphatic hydroxyl groups excluding tert-OH is 1. The van der Waals surface area contributed by atoms with Gasteiger partial charge in [0.25, 0.3) is 0 Å². The van der Waals surface area contributed by atoms with Gasteiger partial charge in [-0.1, -0.05) is 105 Å². The summed E-state index contributed by atoms with van der Waals surface area (Å²) in [5, 5.41) is 9.30. The Morgan fingerprint density at radius 1 is 0.595 bits per heavy atom. The zero-order valence-electron chi connectivity index (χ0n) is 23.0. The van der Waals surface area contributed by atoms with Crippen LogP contribution in [-0.2, 0) is 24.5 Å². The lowest BCUT2D eigenvalue weighted by Crippen LogP contribution is -2.37. The highest BCUT2D eigenvalue weighted by Gasteiger charge is 2.38. The monoisotopic (exact) mass is 508 g/mol. The quantitative estimate of drug-likeness (QED) is 0.195. The highest BCUT2D eigenvalue weighted by atomic mass is 16.6. The second-order valence-electron chi connectivity index (χ2n) is 8.85. The predicted octanol–water partition coefficient (Wildman–Crippen LogP) is 6.23. The van der Waals surface area contributed by atoms with Crippen LogP contribution in [0.2, 0.25) is 0 Å². The maximum Gasteiger partial charge on any atom is 0.144 e. The molecule has 5 nitrogen and oxygen atoms in total. The van der Waals surface area contributed by atoms with E-state index in [-0.39, 0.29) is 12.2 Å². The summed E-state index contributed by atoms with van der Waals surface area (Å²) in [4.78, 5) is 0. The number of benzene rings is 3. The number of rotatable bonds is 15. The fraction of sp³-hybridized carbons (Fsp3) is 0.438. The van der Waals surface area contributed by atoms with E-state index < -0.39 is 11.7 Å². The Hall–Kier alpha value is -2.54. The van der Waals surface area contributed by atoms with Gasteiger partial charge in [0, 0.05) is 0 Å². The fourth-order valence-electron chi connectivity index (χ4n) is 4.03. The Bertz CT molecular complexity index is 850. The molecule has 3 rings (SSSR count). The third-order valence-corrected chi connectivity index (χ3v) is 5.62. The van der Waals surface area contributed by atoms with Gasteiger partial charge in [-0.3, -0.25) is 0 Å². The molecule has 37 heavy (non-hydrogen) atoms. The van der Waals surface area contributed by atoms with Crippen LogP contribution in [0.3, 0.4) is 0 Å². The number of hydrogen-bond donors (Lipinski definition) is 1. The van der Waals surface area contributed by atoms with Gasteiger partial charge in [0.2, 0.25) is 0 Å². The highest BCUT2D eigenvalue weighted by Crippen LogP contribution is 2.41. The molecule has 0 spiro atoms. The zero-order valence-corrected chi connectivity index (χ0v) is 23.0. The van der Waals surface area contributed by atoms with E-state index in [1.165, 1.54) is 0 Å². The average Bonchev–Trinajstić information content (AvgIpc) is 2.95. The minimum atomic E-state index is -0.764. The smallest absolute Gasteiger partial charge is 0.144 e. The zero-order chi connectivity index (χ0) is 26.9. The summed E-state index contributed by atoms with van der Waals surface area (Å²) < 4.78 is 23.9. The molecule has 3 unspecified atom stereocenters. The SMILES string of the molecule is CC.CC(O)COC(C)COCCOCC(C)OC(c1ccccc1)(c1ccccc1)c1ccccc1. The van der Waals surface area contributed by atoms with Crippen molar-refractivity contribution in [2.45, 2.75) is 58.5 Å². The molecule has 0 aliphatic carbocycles. The molecule has 1 N–H and O–H groups in total. The van der Waals surface area contributed by atoms with Gasteiger partial charge in [-0.2, -0.15) is 0 Å². The van der Waals surface area contributed by atoms with E-state index in [1.54, 1.807) is 6.92 Å². The minimum Gasteiger partial charge on any atom is -0.391 e. The van der Waals surface area contributed by atoms with Crippen LogP contribution in [0.25, 0.3) is 0 Å². The lowest BCUT2D eigenvalue weighted by atomic mass is 9.80. The molecular weight excluding hydrogens is 464 g/mol. The molecule has 0 bridgehead atoms. The molecule has 0 aromatic heterocycles. The third-order valence-electron chi connectivity index (χ3n) is 5.62. The first kappa shape index (κ1) is 30.7. The lowest BCUT2D eigenvalue weighted by Gasteiger charge is -2.38. The molecule has 3 aromatic carbocycles. The molecule has 0 radical (unpaired) electrons. The summed E-state index contributed by atoms with van der Waals surface area (Å²) in [5.74, 6) is 0. The van der Waals surface area contributed by atoms with Gasteiger partial charge < -0.3 is 24.1 Å². The Labute approximate surface area is 223 Å². The summed E-state index contributed by atoms with van der Waals surface area (Å²) in [6.45, 7) is 11.8. The summed E-state index contributed by atoms with van der Waals surface area (Å²) in [5.41, 5.74) is 2.44. The van der Waals surface area contributed by atoms with Gasteiger partial charge in [-0.25, -0.2) is 0 Å². The molecule has 0 aliphatic heterocycles. The van der Waals surface area contributed by atoms with Gasteiger partial charge in [0.1, 0.15) is 5.60 Å². The van der Waals surface area contributed by atoms with Crippen LogP contribution >= 0.6 is 0 Å². The summed E-state index contributed by atoms with van der Waals surface area (Å²) >= 11 is 0. The van der Waals surface area contributed by atoms with Crippen LogP contribution in [0.4, 0.5) is 0 Å². The standard InChI is InChI=1S/C30H38O5.C2H6/c1-24(31)21-34-25(2)22-32-19-20-33-23-26(3)35-30(27-13-7-4-8-14-27,28-15-9-5-10-16-28)29-17-11-6-12-18-29;1-2/h4-18,24-26,31H,19-23H2,1-3H3;1-2H3. The van der Waals surface area contributed by atoms with E-state index in [2.05, 4.69) is 36.4 Å². The van der Waals surface area contributed by atoms with Crippen molar-refractivity contribution in [2.75, 3.05) is 33.0 Å². The van der Waals surface area contributed by atoms with E-state index in [0.29, 0.717) is 33.0 Å². The topological polar surface area (TPSA) is 57.2 Å². The van der Waals surface area contributed by atoms with Crippen LogP contribution < -0.4 is 0 Å². The first-order valence-corrected chi connectivity index (χ1v) is 13.3. The normalized spacial score (nSPS) is 13.8. The van der Waals surface area contributed by atoms with Crippen molar-refractivity contribution in [3.63, 3.8) is 0 Å². The van der Waals surface area contributed by atoms with E-state index >= 15 is 0 Å². The molecule has 0 fully saturated rings. The molecule has 0 saturated carbocycles. The van der Waals surface area contributed by atoms with Crippen molar-refractivity contribution in [3.8, 4) is 0 Å². The summed E-state index contributed by atoms with van der Waals surface area (Å²) in [6.07, 6.45) is -0.726. The van der Waals surface area contributed by atoms with Crippen LogP contribution in [0.5, 0.6) is 0 Å². The van der Waals surface area contributed by atoms with E-state index in [4.69, 9.17) is 18.9 Å². The van der Waals surface area contributed by atoms with E-state index in [9.17, 15) is 5.11 Å². The molecule has 202 valence electrons. The number of hydrogen-bond acceptors (Lipinski definition) is 5. The molecule has 0 amide bonds. The van der Waals surface area contributed by atoms with Crippen molar-refractivity contribution >= 4 is 0 Å². The first-order chi connectivity index (χ1) is 18.0. The van der Waals surface area contributed by atoms with E-state index in [0.717, 1.165) is 16.7 Å². The predicted molar refractivity (Wildman–Crippen MR) is 150 cm³/mol. The lowest BCUT2D eigenvalue weighted by molar-refractivity contribution is -0.0850. The van der Waals surface area contributed by atoms with Crippen molar-refractivity contribution in [3.05, 3.63) is 108 Å². The molecular formula is C32H44O5. The molecule has 5 heteroatoms. The van der Waals surface area contributed by atoms with Crippen LogP contribution in [-0.4, -0.2) is 56.5 Å². The van der Waals surface area contributed by atoms with E-state index in [1.807, 2.05) is 82.3 Å². The van der Waals surface area contributed by atoms with Gasteiger partial charge in [0.05, 0.1) is 51.3 Å². The Balaban J connectivity index is 0.00000235. The molecule has 0 saturated heterocycles. The third kappa shape index (κ3) is 9.69. The number of aliphatic hydroxyl groups is 1. The Morgan fingerprint density at radius 3 is 1.35 bits per heavy atom. The van der Waals surface area contributed by atoms with Crippen LogP contribution in [0.15, 0.2) is 91.0 Å². The van der Waals surface area contributed by atoms with Gasteiger partial charge in [-0.05, 0) is 37.5 Å². The maximum atomic E-state index is 9.30. The summed E-state index contributed by atoms with van der Waals surface area (Å²) in [6, 6.07) is 31.0. The van der Waals surface area contributed by atoms with Gasteiger partial charge >= 0.3 is 0 Å². The largest absolute Gasteiger partial charge is 0.391 e. The van der Waals surface area contributed by atoms with Crippen molar-refractivity contribution < 1.29 is 24.1 Å². The first-order valence-electron chi connectivity index (χ1n) is 13.3. The average molecular weight is 509 g/mol. The molecule has 0 aliphatic rings. The van der Waals surface area contributed by atoms with Gasteiger partial charge in [0.15, 0.2) is 0 Å². The van der Waals surface area contributed by atoms with Crippen molar-refractivity contribution in [2.24, 2.45) is 0 Å². The number of ether oxygens (including phenoxy) is 4.